The molecule has 2 N–H and O–H groups in total. The fourth-order valence-electron chi connectivity index (χ4n) is 3.01. The number of fused-ring (bicyclic) bond motifs is 3. The highest BCUT2D eigenvalue weighted by atomic mass is 15.2. The fourth-order valence-corrected chi connectivity index (χ4v) is 3.01. The molecule has 1 atom stereocenters. The van der Waals surface area contributed by atoms with Crippen LogP contribution < -0.4 is 5.73 Å². The van der Waals surface area contributed by atoms with Gasteiger partial charge in [0.2, 0.25) is 5.95 Å². The van der Waals surface area contributed by atoms with Crippen LogP contribution in [0.25, 0.3) is 21.9 Å². The molecule has 0 bridgehead atoms. The number of hydrogen-bond acceptors (Lipinski definition) is 3. The summed E-state index contributed by atoms with van der Waals surface area (Å²) in [4.78, 5) is 8.96. The number of para-hydroxylation sites is 1. The zero-order chi connectivity index (χ0) is 14.8. The lowest BCUT2D eigenvalue weighted by molar-refractivity contribution is 0.492. The molecule has 4 heteroatoms. The molecule has 2 aromatic heterocycles. The summed E-state index contributed by atoms with van der Waals surface area (Å²) in [6.45, 7) is 4.45. The van der Waals surface area contributed by atoms with Gasteiger partial charge < -0.3 is 10.3 Å². The van der Waals surface area contributed by atoms with Crippen LogP contribution in [0.3, 0.4) is 0 Å². The topological polar surface area (TPSA) is 56.7 Å². The van der Waals surface area contributed by atoms with E-state index in [1.54, 1.807) is 0 Å². The third-order valence-electron chi connectivity index (χ3n) is 4.12. The van der Waals surface area contributed by atoms with Crippen LogP contribution in [0.2, 0.25) is 0 Å². The molecular formula is C17H22N4. The molecule has 2 heterocycles. The Kier molecular flexibility index (Phi) is 3.78. The van der Waals surface area contributed by atoms with E-state index >= 15 is 0 Å². The zero-order valence-corrected chi connectivity index (χ0v) is 12.7. The molecule has 0 fully saturated rings. The molecule has 0 aliphatic carbocycles. The lowest BCUT2D eigenvalue weighted by Gasteiger charge is -2.16. The lowest BCUT2D eigenvalue weighted by Crippen LogP contribution is -2.09. The third-order valence-corrected chi connectivity index (χ3v) is 4.12. The van der Waals surface area contributed by atoms with E-state index in [2.05, 4.69) is 34.4 Å². The quantitative estimate of drug-likeness (QED) is 0.709. The largest absolute Gasteiger partial charge is 0.369 e. The predicted octanol–water partition coefficient (Wildman–Crippen LogP) is 4.31. The first kappa shape index (κ1) is 13.9. The van der Waals surface area contributed by atoms with Crippen molar-refractivity contribution in [1.29, 1.82) is 0 Å². The monoisotopic (exact) mass is 282 g/mol. The minimum absolute atomic E-state index is 0.354. The van der Waals surface area contributed by atoms with Crippen LogP contribution in [0.5, 0.6) is 0 Å². The third kappa shape index (κ3) is 2.46. The van der Waals surface area contributed by atoms with Crippen LogP contribution in [0.15, 0.2) is 30.5 Å². The highest BCUT2D eigenvalue weighted by Gasteiger charge is 2.16. The van der Waals surface area contributed by atoms with E-state index < -0.39 is 0 Å². The second-order valence-corrected chi connectivity index (χ2v) is 5.69. The van der Waals surface area contributed by atoms with E-state index in [9.17, 15) is 0 Å². The first-order valence-corrected chi connectivity index (χ1v) is 7.73. The maximum atomic E-state index is 6.17. The summed E-state index contributed by atoms with van der Waals surface area (Å²) >= 11 is 0. The van der Waals surface area contributed by atoms with Crippen molar-refractivity contribution in [2.24, 2.45) is 0 Å². The minimum Gasteiger partial charge on any atom is -0.369 e. The molecule has 3 aromatic rings. The number of nitrogens with zero attached hydrogens (tertiary/aromatic N) is 3. The first-order chi connectivity index (χ1) is 10.2. The number of unbranched alkanes of at least 4 members (excludes halogenated alkanes) is 2. The van der Waals surface area contributed by atoms with Gasteiger partial charge >= 0.3 is 0 Å². The van der Waals surface area contributed by atoms with E-state index in [1.807, 2.05) is 24.4 Å². The van der Waals surface area contributed by atoms with Crippen molar-refractivity contribution >= 4 is 27.9 Å². The van der Waals surface area contributed by atoms with Crippen molar-refractivity contribution < 1.29 is 0 Å². The van der Waals surface area contributed by atoms with Crippen LogP contribution >= 0.6 is 0 Å². The van der Waals surface area contributed by atoms with Gasteiger partial charge in [0, 0.05) is 11.4 Å². The van der Waals surface area contributed by atoms with Crippen LogP contribution in [0.4, 0.5) is 5.95 Å². The second-order valence-electron chi connectivity index (χ2n) is 5.69. The van der Waals surface area contributed by atoms with Crippen LogP contribution in [-0.2, 0) is 0 Å². The highest BCUT2D eigenvalue weighted by Crippen LogP contribution is 2.30. The summed E-state index contributed by atoms with van der Waals surface area (Å²) in [5.74, 6) is 0.590. The SMILES string of the molecule is CCCCCC(C)n1c(N)nc2cnc3ccccc3c21. The number of rotatable bonds is 5. The summed E-state index contributed by atoms with van der Waals surface area (Å²) in [5, 5.41) is 1.13. The van der Waals surface area contributed by atoms with Gasteiger partial charge in [0.25, 0.3) is 0 Å². The molecule has 0 saturated heterocycles. The van der Waals surface area contributed by atoms with Gasteiger partial charge in [0.05, 0.1) is 17.2 Å². The van der Waals surface area contributed by atoms with Crippen molar-refractivity contribution in [3.05, 3.63) is 30.5 Å². The molecule has 0 amide bonds. The van der Waals surface area contributed by atoms with Gasteiger partial charge in [-0.05, 0) is 19.4 Å². The standard InChI is InChI=1S/C17H22N4/c1-3-4-5-8-12(2)21-16-13-9-6-7-10-14(13)19-11-15(16)20-17(21)18/h6-7,9-12H,3-5,8H2,1-2H3,(H2,18,20). The van der Waals surface area contributed by atoms with E-state index in [0.717, 1.165) is 28.4 Å². The van der Waals surface area contributed by atoms with Crippen molar-refractivity contribution in [3.63, 3.8) is 0 Å². The molecule has 0 saturated carbocycles. The molecule has 0 aliphatic heterocycles. The Morgan fingerprint density at radius 1 is 1.19 bits per heavy atom. The van der Waals surface area contributed by atoms with Gasteiger partial charge in [-0.1, -0.05) is 44.4 Å². The van der Waals surface area contributed by atoms with Crippen LogP contribution in [0, 0.1) is 0 Å². The second kappa shape index (κ2) is 5.72. The normalized spacial score (nSPS) is 13.0. The molecule has 1 aromatic carbocycles. The number of benzene rings is 1. The van der Waals surface area contributed by atoms with Crippen LogP contribution in [0.1, 0.15) is 45.6 Å². The van der Waals surface area contributed by atoms with Gasteiger partial charge in [-0.3, -0.25) is 4.98 Å². The molecule has 0 aliphatic rings. The molecule has 21 heavy (non-hydrogen) atoms. The van der Waals surface area contributed by atoms with Gasteiger partial charge in [0.15, 0.2) is 0 Å². The molecule has 3 rings (SSSR count). The average Bonchev–Trinajstić information content (AvgIpc) is 2.84. The Labute approximate surface area is 125 Å². The zero-order valence-electron chi connectivity index (χ0n) is 12.7. The Morgan fingerprint density at radius 2 is 2.00 bits per heavy atom. The smallest absolute Gasteiger partial charge is 0.201 e. The minimum atomic E-state index is 0.354. The molecular weight excluding hydrogens is 260 g/mol. The maximum Gasteiger partial charge on any atom is 0.201 e. The van der Waals surface area contributed by atoms with E-state index in [1.165, 1.54) is 19.3 Å². The van der Waals surface area contributed by atoms with Crippen molar-refractivity contribution in [1.82, 2.24) is 14.5 Å². The predicted molar refractivity (Wildman–Crippen MR) is 88.3 cm³/mol. The summed E-state index contributed by atoms with van der Waals surface area (Å²) < 4.78 is 2.18. The molecule has 0 radical (unpaired) electrons. The summed E-state index contributed by atoms with van der Waals surface area (Å²) in [5.41, 5.74) is 9.16. The van der Waals surface area contributed by atoms with Gasteiger partial charge in [0.1, 0.15) is 5.52 Å². The van der Waals surface area contributed by atoms with E-state index in [4.69, 9.17) is 5.73 Å². The number of aromatic nitrogens is 3. The lowest BCUT2D eigenvalue weighted by atomic mass is 10.1. The van der Waals surface area contributed by atoms with Gasteiger partial charge in [-0.2, -0.15) is 0 Å². The van der Waals surface area contributed by atoms with E-state index in [-0.39, 0.29) is 0 Å². The Hall–Kier alpha value is -2.10. The molecule has 4 nitrogen and oxygen atoms in total. The van der Waals surface area contributed by atoms with Gasteiger partial charge in [-0.15, -0.1) is 0 Å². The van der Waals surface area contributed by atoms with Crippen molar-refractivity contribution in [2.75, 3.05) is 5.73 Å². The molecule has 0 spiro atoms. The fraction of sp³-hybridized carbons (Fsp3) is 0.412. The maximum absolute atomic E-state index is 6.17. The van der Waals surface area contributed by atoms with Crippen LogP contribution in [-0.4, -0.2) is 14.5 Å². The van der Waals surface area contributed by atoms with Crippen molar-refractivity contribution in [2.45, 2.75) is 45.6 Å². The Balaban J connectivity index is 2.12. The highest BCUT2D eigenvalue weighted by molar-refractivity contribution is 6.03. The first-order valence-electron chi connectivity index (χ1n) is 7.73. The summed E-state index contributed by atoms with van der Waals surface area (Å²) in [6.07, 6.45) is 6.67. The van der Waals surface area contributed by atoms with Gasteiger partial charge in [-0.25, -0.2) is 4.98 Å². The summed E-state index contributed by atoms with van der Waals surface area (Å²) in [7, 11) is 0. The number of nitrogens with two attached hydrogens (primary N) is 1. The number of hydrogen-bond donors (Lipinski definition) is 1. The Morgan fingerprint density at radius 3 is 2.81 bits per heavy atom. The average molecular weight is 282 g/mol. The Bertz CT molecular complexity index is 760. The van der Waals surface area contributed by atoms with E-state index in [0.29, 0.717) is 12.0 Å². The number of nitrogen functional groups attached to an aromatic ring is 1. The van der Waals surface area contributed by atoms with Crippen molar-refractivity contribution in [3.8, 4) is 0 Å². The number of pyridine rings is 1. The number of anilines is 1. The number of imidazole rings is 1. The summed E-state index contributed by atoms with van der Waals surface area (Å²) in [6, 6.07) is 8.53. The molecule has 1 unspecified atom stereocenters. The molecule has 110 valence electrons.